The Morgan fingerprint density at radius 3 is 2.45 bits per heavy atom. The van der Waals surface area contributed by atoms with E-state index >= 15 is 0 Å². The smallest absolute Gasteiger partial charge is 0.263 e. The molecule has 0 spiro atoms. The molecule has 0 bridgehead atoms. The molecule has 0 saturated carbocycles. The van der Waals surface area contributed by atoms with Crippen LogP contribution in [0.4, 0.5) is 13.2 Å². The molecule has 3 rings (SSSR count). The van der Waals surface area contributed by atoms with Crippen molar-refractivity contribution in [3.8, 4) is 17.2 Å². The number of aromatic nitrogens is 1. The minimum atomic E-state index is -2.72. The summed E-state index contributed by atoms with van der Waals surface area (Å²) in [4.78, 5) is 25.2. The Hall–Kier alpha value is -3.66. The third-order valence-corrected chi connectivity index (χ3v) is 5.29. The van der Waals surface area contributed by atoms with Gasteiger partial charge in [-0.05, 0) is 44.5 Å². The summed E-state index contributed by atoms with van der Waals surface area (Å²) < 4.78 is 42.6. The molecule has 0 N–H and O–H groups in total. The van der Waals surface area contributed by atoms with Gasteiger partial charge < -0.3 is 4.57 Å². The summed E-state index contributed by atoms with van der Waals surface area (Å²) in [5.74, 6) is -1.09. The summed E-state index contributed by atoms with van der Waals surface area (Å²) in [7, 11) is 0. The monoisotopic (exact) mass is 424 g/mol. The van der Waals surface area contributed by atoms with E-state index in [0.717, 1.165) is 6.07 Å². The third kappa shape index (κ3) is 4.15. The number of nitriles is 1. The zero-order chi connectivity index (χ0) is 22.9. The van der Waals surface area contributed by atoms with Crippen molar-refractivity contribution in [2.45, 2.75) is 33.2 Å². The van der Waals surface area contributed by atoms with Gasteiger partial charge >= 0.3 is 0 Å². The van der Waals surface area contributed by atoms with Crippen LogP contribution in [-0.2, 0) is 0 Å². The molecule has 1 heterocycles. The number of halogens is 3. The van der Waals surface area contributed by atoms with Crippen LogP contribution in [0.15, 0.2) is 53.5 Å². The Morgan fingerprint density at radius 1 is 1.16 bits per heavy atom. The number of carbonyl (C=O) groups excluding carboxylic acids is 1. The maximum Gasteiger partial charge on any atom is 0.263 e. The number of hydrogen-bond donors (Lipinski definition) is 0. The molecule has 1 aromatic heterocycles. The summed E-state index contributed by atoms with van der Waals surface area (Å²) >= 11 is 0. The number of hydrogen-bond acceptors (Lipinski definition) is 3. The van der Waals surface area contributed by atoms with E-state index in [1.54, 1.807) is 18.4 Å². The highest BCUT2D eigenvalue weighted by atomic mass is 19.3. The number of carbonyl (C=O) groups is 1. The molecular formula is C24H19F3N2O2. The molecule has 0 saturated heterocycles. The molecule has 7 heteroatoms. The second kappa shape index (κ2) is 8.60. The van der Waals surface area contributed by atoms with Crippen molar-refractivity contribution in [1.29, 1.82) is 5.26 Å². The van der Waals surface area contributed by atoms with Crippen molar-refractivity contribution in [2.24, 2.45) is 0 Å². The Kier molecular flexibility index (Phi) is 6.11. The third-order valence-electron chi connectivity index (χ3n) is 5.29. The number of pyridine rings is 1. The maximum absolute atomic E-state index is 14.6. The first-order valence-corrected chi connectivity index (χ1v) is 9.50. The number of ketones is 1. The Morgan fingerprint density at radius 2 is 1.87 bits per heavy atom. The normalized spacial score (nSPS) is 11.9. The summed E-state index contributed by atoms with van der Waals surface area (Å²) in [6, 6.07) is 10.7. The van der Waals surface area contributed by atoms with Crippen molar-refractivity contribution in [2.75, 3.05) is 0 Å². The molecule has 0 radical (unpaired) electrons. The van der Waals surface area contributed by atoms with Crippen LogP contribution in [0.3, 0.4) is 0 Å². The lowest BCUT2D eigenvalue weighted by molar-refractivity contribution is 0.101. The zero-order valence-corrected chi connectivity index (χ0v) is 17.1. The van der Waals surface area contributed by atoms with Gasteiger partial charge in [-0.25, -0.2) is 13.2 Å². The van der Waals surface area contributed by atoms with Crippen molar-refractivity contribution >= 4 is 5.78 Å². The van der Waals surface area contributed by atoms with Crippen molar-refractivity contribution in [3.63, 3.8) is 0 Å². The fourth-order valence-corrected chi connectivity index (χ4v) is 3.63. The van der Waals surface area contributed by atoms with Crippen LogP contribution in [-0.4, -0.2) is 10.4 Å². The highest BCUT2D eigenvalue weighted by molar-refractivity contribution is 5.95. The average molecular weight is 424 g/mol. The predicted molar refractivity (Wildman–Crippen MR) is 111 cm³/mol. The first-order valence-electron chi connectivity index (χ1n) is 9.50. The van der Waals surface area contributed by atoms with Gasteiger partial charge in [0.25, 0.3) is 6.43 Å². The number of Topliss-reactive ketones (excluding diaryl/α,β-unsaturated/α-hetero) is 1. The molecule has 158 valence electrons. The minimum Gasteiger partial charge on any atom is -0.343 e. The van der Waals surface area contributed by atoms with E-state index in [0.29, 0.717) is 5.69 Å². The molecule has 31 heavy (non-hydrogen) atoms. The van der Waals surface area contributed by atoms with Gasteiger partial charge in [0.15, 0.2) is 11.2 Å². The van der Waals surface area contributed by atoms with Gasteiger partial charge in [-0.1, -0.05) is 24.3 Å². The SMILES string of the molecule is CC(=O)c1cn(C(C)c2ccc(C#N)cc2F)c(C)c(-c2cccc(C(F)F)c2)c1=O. The topological polar surface area (TPSA) is 62.9 Å². The quantitative estimate of drug-likeness (QED) is 0.502. The van der Waals surface area contributed by atoms with Crippen LogP contribution in [0.1, 0.15) is 59.1 Å². The lowest BCUT2D eigenvalue weighted by Crippen LogP contribution is -2.23. The maximum atomic E-state index is 14.6. The molecular weight excluding hydrogens is 405 g/mol. The first-order chi connectivity index (χ1) is 14.6. The van der Waals surface area contributed by atoms with Gasteiger partial charge in [0.05, 0.1) is 23.2 Å². The molecule has 0 fully saturated rings. The van der Waals surface area contributed by atoms with E-state index in [2.05, 4.69) is 0 Å². The molecule has 1 atom stereocenters. The van der Waals surface area contributed by atoms with Crippen molar-refractivity contribution in [1.82, 2.24) is 4.57 Å². The fraction of sp³-hybridized carbons (Fsp3) is 0.208. The molecule has 4 nitrogen and oxygen atoms in total. The molecule has 1 unspecified atom stereocenters. The van der Waals surface area contributed by atoms with Gasteiger partial charge in [-0.15, -0.1) is 0 Å². The predicted octanol–water partition coefficient (Wildman–Crippen LogP) is 5.58. The van der Waals surface area contributed by atoms with Crippen molar-refractivity contribution in [3.05, 3.63) is 92.6 Å². The van der Waals surface area contributed by atoms with Gasteiger partial charge in [-0.2, -0.15) is 5.26 Å². The summed E-state index contributed by atoms with van der Waals surface area (Å²) in [5, 5.41) is 8.96. The van der Waals surface area contributed by atoms with Gasteiger partial charge in [-0.3, -0.25) is 9.59 Å². The van der Waals surface area contributed by atoms with E-state index in [1.807, 2.05) is 6.07 Å². The number of rotatable bonds is 5. The molecule has 3 aromatic rings. The van der Waals surface area contributed by atoms with E-state index in [1.165, 1.54) is 49.5 Å². The summed E-state index contributed by atoms with van der Waals surface area (Å²) in [5.41, 5.74) is 0.247. The van der Waals surface area contributed by atoms with Crippen LogP contribution < -0.4 is 5.43 Å². The number of benzene rings is 2. The van der Waals surface area contributed by atoms with Crippen LogP contribution >= 0.6 is 0 Å². The Labute approximate surface area is 177 Å². The highest BCUT2D eigenvalue weighted by Crippen LogP contribution is 2.30. The standard InChI is InChI=1S/C24H19F3N2O2/c1-13(19-8-7-16(11-28)9-21(19)25)29-12-20(15(3)30)23(31)22(14(29)2)17-5-4-6-18(10-17)24(26)27/h4-10,12-13,24H,1-3H3. The first kappa shape index (κ1) is 22.0. The lowest BCUT2D eigenvalue weighted by Gasteiger charge is -2.23. The summed E-state index contributed by atoms with van der Waals surface area (Å²) in [6.45, 7) is 4.54. The van der Waals surface area contributed by atoms with Crippen molar-refractivity contribution < 1.29 is 18.0 Å². The molecule has 0 aliphatic heterocycles. The zero-order valence-electron chi connectivity index (χ0n) is 17.1. The van der Waals surface area contributed by atoms with E-state index in [-0.39, 0.29) is 33.4 Å². The van der Waals surface area contributed by atoms with E-state index in [4.69, 9.17) is 5.26 Å². The van der Waals surface area contributed by atoms with E-state index < -0.39 is 29.5 Å². The lowest BCUT2D eigenvalue weighted by atomic mass is 9.97. The second-order valence-electron chi connectivity index (χ2n) is 7.25. The Balaban J connectivity index is 2.28. The second-order valence-corrected chi connectivity index (χ2v) is 7.25. The molecule has 0 aliphatic rings. The van der Waals surface area contributed by atoms with Crippen LogP contribution in [0, 0.1) is 24.1 Å². The largest absolute Gasteiger partial charge is 0.343 e. The highest BCUT2D eigenvalue weighted by Gasteiger charge is 2.22. The van der Waals surface area contributed by atoms with Crippen LogP contribution in [0.2, 0.25) is 0 Å². The van der Waals surface area contributed by atoms with E-state index in [9.17, 15) is 22.8 Å². The molecule has 0 amide bonds. The fourth-order valence-electron chi connectivity index (χ4n) is 3.63. The van der Waals surface area contributed by atoms with Crippen LogP contribution in [0.5, 0.6) is 0 Å². The minimum absolute atomic E-state index is 0.108. The Bertz CT molecular complexity index is 1270. The number of nitrogens with zero attached hydrogens (tertiary/aromatic N) is 2. The molecule has 2 aromatic carbocycles. The van der Waals surface area contributed by atoms with Gasteiger partial charge in [0, 0.05) is 28.6 Å². The molecule has 0 aliphatic carbocycles. The summed E-state index contributed by atoms with van der Waals surface area (Å²) in [6.07, 6.45) is -1.35. The van der Waals surface area contributed by atoms with Crippen LogP contribution in [0.25, 0.3) is 11.1 Å². The number of alkyl halides is 2. The van der Waals surface area contributed by atoms with Gasteiger partial charge in [0.1, 0.15) is 5.82 Å². The average Bonchev–Trinajstić information content (AvgIpc) is 2.73. The van der Waals surface area contributed by atoms with Gasteiger partial charge in [0.2, 0.25) is 0 Å².